The van der Waals surface area contributed by atoms with Gasteiger partial charge < -0.3 is 9.64 Å². The molecule has 0 aliphatic carbocycles. The van der Waals surface area contributed by atoms with Gasteiger partial charge in [0, 0.05) is 36.2 Å². The van der Waals surface area contributed by atoms with Gasteiger partial charge in [-0.1, -0.05) is 18.2 Å². The number of ether oxygens (including phenoxy) is 1. The van der Waals surface area contributed by atoms with Crippen molar-refractivity contribution in [1.29, 1.82) is 10.7 Å². The van der Waals surface area contributed by atoms with E-state index < -0.39 is 16.8 Å². The highest BCUT2D eigenvalue weighted by Crippen LogP contribution is 2.50. The first-order valence-corrected chi connectivity index (χ1v) is 9.37. The standard InChI is InChI=1S/C20H16N4O3S/c1-23(2)14-8-7-11(9-15(14)24(25)26)17-13(10-21)20(22)27-18-12-5-3-4-6-16(12)28-19(17)18/h3-9,13,17,22H,1-2H3. The van der Waals surface area contributed by atoms with Crippen molar-refractivity contribution in [2.24, 2.45) is 5.92 Å². The number of nitro benzene ring substituents is 1. The van der Waals surface area contributed by atoms with Crippen molar-refractivity contribution in [2.45, 2.75) is 5.92 Å². The summed E-state index contributed by atoms with van der Waals surface area (Å²) in [6, 6.07) is 14.8. The predicted molar refractivity (Wildman–Crippen MR) is 109 cm³/mol. The molecule has 1 aliphatic rings. The Kier molecular flexibility index (Phi) is 4.24. The van der Waals surface area contributed by atoms with Crippen LogP contribution in [0.4, 0.5) is 11.4 Å². The fourth-order valence-corrected chi connectivity index (χ4v) is 4.86. The molecular formula is C20H16N4O3S. The molecule has 7 nitrogen and oxygen atoms in total. The number of nitrogens with zero attached hydrogens (tertiary/aromatic N) is 3. The van der Waals surface area contributed by atoms with Crippen molar-refractivity contribution in [1.82, 2.24) is 0 Å². The second-order valence-corrected chi connectivity index (χ2v) is 7.83. The number of thiophene rings is 1. The average Bonchev–Trinajstić information content (AvgIpc) is 3.04. The molecule has 8 heteroatoms. The molecule has 28 heavy (non-hydrogen) atoms. The first kappa shape index (κ1) is 17.9. The van der Waals surface area contributed by atoms with E-state index in [4.69, 9.17) is 10.1 Å². The second-order valence-electron chi connectivity index (χ2n) is 6.74. The van der Waals surface area contributed by atoms with Crippen molar-refractivity contribution < 1.29 is 9.66 Å². The molecule has 3 aromatic rings. The van der Waals surface area contributed by atoms with Crippen LogP contribution < -0.4 is 9.64 Å². The van der Waals surface area contributed by atoms with Crippen LogP contribution in [0.3, 0.4) is 0 Å². The fraction of sp³-hybridized carbons (Fsp3) is 0.200. The van der Waals surface area contributed by atoms with Crippen molar-refractivity contribution >= 4 is 38.7 Å². The van der Waals surface area contributed by atoms with Gasteiger partial charge in [-0.15, -0.1) is 11.3 Å². The van der Waals surface area contributed by atoms with E-state index in [1.807, 2.05) is 24.3 Å². The number of benzene rings is 2. The highest BCUT2D eigenvalue weighted by Gasteiger charge is 2.40. The van der Waals surface area contributed by atoms with E-state index in [9.17, 15) is 15.4 Å². The monoisotopic (exact) mass is 392 g/mol. The van der Waals surface area contributed by atoms with E-state index in [2.05, 4.69) is 6.07 Å². The molecule has 1 N–H and O–H groups in total. The van der Waals surface area contributed by atoms with Crippen LogP contribution in [0.15, 0.2) is 42.5 Å². The largest absolute Gasteiger partial charge is 0.440 e. The van der Waals surface area contributed by atoms with Gasteiger partial charge in [0.2, 0.25) is 5.90 Å². The number of nitriles is 1. The second kappa shape index (κ2) is 6.62. The van der Waals surface area contributed by atoms with Gasteiger partial charge in [0.1, 0.15) is 11.6 Å². The Labute approximate surface area is 165 Å². The first-order valence-electron chi connectivity index (χ1n) is 8.55. The molecule has 1 aliphatic heterocycles. The molecule has 2 atom stereocenters. The summed E-state index contributed by atoms with van der Waals surface area (Å²) in [6.45, 7) is 0. The summed E-state index contributed by atoms with van der Waals surface area (Å²) in [6.07, 6.45) is 0. The number of nitro groups is 1. The minimum absolute atomic E-state index is 0.0279. The Bertz CT molecular complexity index is 1160. The van der Waals surface area contributed by atoms with Crippen LogP contribution in [0.5, 0.6) is 5.75 Å². The lowest BCUT2D eigenvalue weighted by atomic mass is 9.83. The van der Waals surface area contributed by atoms with Crippen molar-refractivity contribution in [3.05, 3.63) is 63.0 Å². The van der Waals surface area contributed by atoms with Gasteiger partial charge in [0.05, 0.1) is 15.9 Å². The number of fused-ring (bicyclic) bond motifs is 3. The highest BCUT2D eigenvalue weighted by atomic mass is 32.1. The minimum Gasteiger partial charge on any atom is -0.440 e. The Hall–Kier alpha value is -3.44. The molecule has 0 spiro atoms. The molecule has 0 amide bonds. The summed E-state index contributed by atoms with van der Waals surface area (Å²) >= 11 is 1.50. The van der Waals surface area contributed by atoms with E-state index in [0.717, 1.165) is 15.0 Å². The van der Waals surface area contributed by atoms with Crippen LogP contribution in [0.1, 0.15) is 16.4 Å². The van der Waals surface area contributed by atoms with Crippen molar-refractivity contribution in [3.8, 4) is 11.8 Å². The molecule has 2 unspecified atom stereocenters. The topological polar surface area (TPSA) is 103 Å². The molecule has 0 saturated heterocycles. The van der Waals surface area contributed by atoms with E-state index in [0.29, 0.717) is 17.0 Å². The summed E-state index contributed by atoms with van der Waals surface area (Å²) in [5.41, 5.74) is 1.09. The third-order valence-corrected chi connectivity index (χ3v) is 6.10. The SMILES string of the molecule is CN(C)c1ccc(C2c3sc4ccccc4c3OC(=N)C2C#N)cc1[N+](=O)[O-]. The molecule has 2 heterocycles. The lowest BCUT2D eigenvalue weighted by molar-refractivity contribution is -0.384. The molecular weight excluding hydrogens is 376 g/mol. The third-order valence-electron chi connectivity index (χ3n) is 4.86. The van der Waals surface area contributed by atoms with E-state index >= 15 is 0 Å². The number of hydrogen-bond acceptors (Lipinski definition) is 7. The van der Waals surface area contributed by atoms with Gasteiger partial charge in [0.15, 0.2) is 5.75 Å². The zero-order chi connectivity index (χ0) is 20.0. The van der Waals surface area contributed by atoms with Gasteiger partial charge in [-0.2, -0.15) is 5.26 Å². The maximum atomic E-state index is 11.6. The van der Waals surface area contributed by atoms with Crippen LogP contribution >= 0.6 is 11.3 Å². The maximum absolute atomic E-state index is 11.6. The Morgan fingerprint density at radius 2 is 2.04 bits per heavy atom. The Balaban J connectivity index is 1.96. The molecule has 2 aromatic carbocycles. The van der Waals surface area contributed by atoms with E-state index in [1.54, 1.807) is 31.1 Å². The zero-order valence-electron chi connectivity index (χ0n) is 15.2. The molecule has 0 fully saturated rings. The van der Waals surface area contributed by atoms with Gasteiger partial charge in [0.25, 0.3) is 5.69 Å². The van der Waals surface area contributed by atoms with E-state index in [-0.39, 0.29) is 11.6 Å². The summed E-state index contributed by atoms with van der Waals surface area (Å²) in [4.78, 5) is 13.7. The summed E-state index contributed by atoms with van der Waals surface area (Å²) < 4.78 is 6.70. The maximum Gasteiger partial charge on any atom is 0.292 e. The van der Waals surface area contributed by atoms with Crippen molar-refractivity contribution in [2.75, 3.05) is 19.0 Å². The fourth-order valence-electron chi connectivity index (χ4n) is 3.56. The molecule has 4 rings (SSSR count). The molecule has 0 radical (unpaired) electrons. The average molecular weight is 392 g/mol. The number of anilines is 1. The number of hydrogen-bond donors (Lipinski definition) is 1. The molecule has 140 valence electrons. The number of nitrogens with one attached hydrogen (secondary N) is 1. The molecule has 0 bridgehead atoms. The molecule has 1 aromatic heterocycles. The third kappa shape index (κ3) is 2.68. The summed E-state index contributed by atoms with van der Waals surface area (Å²) in [5, 5.41) is 30.4. The highest BCUT2D eigenvalue weighted by molar-refractivity contribution is 7.19. The Morgan fingerprint density at radius 3 is 2.71 bits per heavy atom. The predicted octanol–water partition coefficient (Wildman–Crippen LogP) is 4.52. The van der Waals surface area contributed by atoms with Gasteiger partial charge in [-0.25, -0.2) is 0 Å². The van der Waals surface area contributed by atoms with Gasteiger partial charge >= 0.3 is 0 Å². The lowest BCUT2D eigenvalue weighted by Gasteiger charge is -2.28. The van der Waals surface area contributed by atoms with Crippen molar-refractivity contribution in [3.63, 3.8) is 0 Å². The van der Waals surface area contributed by atoms with Gasteiger partial charge in [-0.05, 0) is 23.8 Å². The number of rotatable bonds is 3. The minimum atomic E-state index is -0.842. The van der Waals surface area contributed by atoms with Crippen LogP contribution in [0.2, 0.25) is 0 Å². The zero-order valence-corrected chi connectivity index (χ0v) is 16.0. The normalized spacial score (nSPS) is 18.2. The quantitative estimate of drug-likeness (QED) is 0.521. The van der Waals surface area contributed by atoms with E-state index in [1.165, 1.54) is 17.4 Å². The molecule has 0 saturated carbocycles. The summed E-state index contributed by atoms with van der Waals surface area (Å²) in [7, 11) is 3.49. The van der Waals surface area contributed by atoms with Crippen LogP contribution in [-0.2, 0) is 0 Å². The van der Waals surface area contributed by atoms with Crippen LogP contribution in [-0.4, -0.2) is 24.9 Å². The summed E-state index contributed by atoms with van der Waals surface area (Å²) in [5.74, 6) is -0.900. The smallest absolute Gasteiger partial charge is 0.292 e. The van der Waals surface area contributed by atoms with Gasteiger partial charge in [-0.3, -0.25) is 15.5 Å². The van der Waals surface area contributed by atoms with Crippen LogP contribution in [0.25, 0.3) is 10.1 Å². The first-order chi connectivity index (χ1) is 13.4. The Morgan fingerprint density at radius 1 is 1.29 bits per heavy atom. The lowest BCUT2D eigenvalue weighted by Crippen LogP contribution is -2.30. The van der Waals surface area contributed by atoms with Crippen LogP contribution in [0, 0.1) is 32.8 Å².